The summed E-state index contributed by atoms with van der Waals surface area (Å²) in [7, 11) is 1.62. The Hall–Kier alpha value is -2.21. The second kappa shape index (κ2) is 7.87. The standard InChI is InChI=1S/C17H18F2N2OS/c1-3-16(11-4-7-13(22-2)8-5-11)21-17(23)20-12-6-9-14(18)15(19)10-12/h4-10,16H,3H2,1-2H3,(H2,20,21,23)/t16-/m1/s1. The minimum absolute atomic E-state index is 0.00574. The molecule has 0 heterocycles. The van der Waals surface area contributed by atoms with Gasteiger partial charge in [-0.15, -0.1) is 0 Å². The lowest BCUT2D eigenvalue weighted by molar-refractivity contribution is 0.414. The highest BCUT2D eigenvalue weighted by Crippen LogP contribution is 2.20. The number of anilines is 1. The number of ether oxygens (including phenoxy) is 1. The number of rotatable bonds is 5. The molecule has 0 aliphatic rings. The summed E-state index contributed by atoms with van der Waals surface area (Å²) in [5, 5.41) is 6.37. The van der Waals surface area contributed by atoms with E-state index in [1.165, 1.54) is 6.07 Å². The van der Waals surface area contributed by atoms with E-state index in [-0.39, 0.29) is 6.04 Å². The van der Waals surface area contributed by atoms with Crippen molar-refractivity contribution in [2.24, 2.45) is 0 Å². The summed E-state index contributed by atoms with van der Waals surface area (Å²) in [4.78, 5) is 0. The molecule has 122 valence electrons. The van der Waals surface area contributed by atoms with Gasteiger partial charge in [0.2, 0.25) is 0 Å². The van der Waals surface area contributed by atoms with Gasteiger partial charge < -0.3 is 15.4 Å². The average molecular weight is 336 g/mol. The number of nitrogens with one attached hydrogen (secondary N) is 2. The first-order chi connectivity index (χ1) is 11.0. The monoisotopic (exact) mass is 336 g/mol. The van der Waals surface area contributed by atoms with Gasteiger partial charge in [0.1, 0.15) is 5.75 Å². The Labute approximate surface area is 139 Å². The molecule has 3 nitrogen and oxygen atoms in total. The first kappa shape index (κ1) is 17.1. The van der Waals surface area contributed by atoms with Crippen LogP contribution in [0.15, 0.2) is 42.5 Å². The first-order valence-corrected chi connectivity index (χ1v) is 7.60. The molecule has 0 aromatic heterocycles. The molecule has 0 radical (unpaired) electrons. The van der Waals surface area contributed by atoms with E-state index in [1.54, 1.807) is 7.11 Å². The van der Waals surface area contributed by atoms with E-state index in [4.69, 9.17) is 17.0 Å². The summed E-state index contributed by atoms with van der Waals surface area (Å²) in [6.45, 7) is 2.03. The normalized spacial score (nSPS) is 11.7. The summed E-state index contributed by atoms with van der Waals surface area (Å²) in [5.41, 5.74) is 1.45. The van der Waals surface area contributed by atoms with Crippen LogP contribution in [-0.4, -0.2) is 12.2 Å². The zero-order chi connectivity index (χ0) is 16.8. The van der Waals surface area contributed by atoms with Crippen molar-refractivity contribution >= 4 is 23.0 Å². The van der Waals surface area contributed by atoms with Gasteiger partial charge in [0, 0.05) is 11.8 Å². The molecule has 2 N–H and O–H groups in total. The van der Waals surface area contributed by atoms with E-state index in [0.717, 1.165) is 29.9 Å². The third-order valence-corrected chi connectivity index (χ3v) is 3.63. The Morgan fingerprint density at radius 3 is 2.39 bits per heavy atom. The second-order valence-electron chi connectivity index (χ2n) is 4.96. The largest absolute Gasteiger partial charge is 0.497 e. The summed E-state index contributed by atoms with van der Waals surface area (Å²) < 4.78 is 31.3. The van der Waals surface area contributed by atoms with Gasteiger partial charge in [0.05, 0.1) is 13.2 Å². The van der Waals surface area contributed by atoms with Crippen molar-refractivity contribution in [3.63, 3.8) is 0 Å². The molecular weight excluding hydrogens is 318 g/mol. The molecule has 0 amide bonds. The van der Waals surface area contributed by atoms with Crippen molar-refractivity contribution in [1.29, 1.82) is 0 Å². The smallest absolute Gasteiger partial charge is 0.171 e. The molecule has 6 heteroatoms. The molecule has 0 saturated carbocycles. The van der Waals surface area contributed by atoms with Crippen molar-refractivity contribution in [3.8, 4) is 5.75 Å². The van der Waals surface area contributed by atoms with Crippen molar-refractivity contribution < 1.29 is 13.5 Å². The van der Waals surface area contributed by atoms with Gasteiger partial charge in [0.25, 0.3) is 0 Å². The molecule has 0 spiro atoms. The fraction of sp³-hybridized carbons (Fsp3) is 0.235. The van der Waals surface area contributed by atoms with Crippen LogP contribution >= 0.6 is 12.2 Å². The van der Waals surface area contributed by atoms with E-state index in [2.05, 4.69) is 10.6 Å². The minimum Gasteiger partial charge on any atom is -0.497 e. The Morgan fingerprint density at radius 1 is 1.13 bits per heavy atom. The maximum absolute atomic E-state index is 13.2. The lowest BCUT2D eigenvalue weighted by atomic mass is 10.0. The Bertz CT molecular complexity index is 677. The number of hydrogen-bond acceptors (Lipinski definition) is 2. The van der Waals surface area contributed by atoms with Gasteiger partial charge in [-0.25, -0.2) is 8.78 Å². The fourth-order valence-electron chi connectivity index (χ4n) is 2.16. The third-order valence-electron chi connectivity index (χ3n) is 3.41. The highest BCUT2D eigenvalue weighted by molar-refractivity contribution is 7.80. The highest BCUT2D eigenvalue weighted by atomic mass is 32.1. The number of methoxy groups -OCH3 is 1. The van der Waals surface area contributed by atoms with E-state index in [0.29, 0.717) is 10.8 Å². The molecule has 0 fully saturated rings. The molecular formula is C17H18F2N2OS. The van der Waals surface area contributed by atoms with Crippen LogP contribution in [0, 0.1) is 11.6 Å². The predicted octanol–water partition coefficient (Wildman–Crippen LogP) is 4.41. The lowest BCUT2D eigenvalue weighted by Gasteiger charge is -2.20. The van der Waals surface area contributed by atoms with Crippen molar-refractivity contribution in [2.75, 3.05) is 12.4 Å². The van der Waals surface area contributed by atoms with Crippen LogP contribution in [0.2, 0.25) is 0 Å². The summed E-state index contributed by atoms with van der Waals surface area (Å²) >= 11 is 5.24. The maximum atomic E-state index is 13.2. The minimum atomic E-state index is -0.917. The van der Waals surface area contributed by atoms with Crippen molar-refractivity contribution in [3.05, 3.63) is 59.7 Å². The molecule has 2 aromatic rings. The Balaban J connectivity index is 2.02. The van der Waals surface area contributed by atoms with E-state index in [9.17, 15) is 8.78 Å². The van der Waals surface area contributed by atoms with Crippen LogP contribution in [0.5, 0.6) is 5.75 Å². The lowest BCUT2D eigenvalue weighted by Crippen LogP contribution is -2.32. The van der Waals surface area contributed by atoms with Gasteiger partial charge in [-0.3, -0.25) is 0 Å². The van der Waals surface area contributed by atoms with E-state index >= 15 is 0 Å². The average Bonchev–Trinajstić information content (AvgIpc) is 2.56. The van der Waals surface area contributed by atoms with Crippen LogP contribution in [-0.2, 0) is 0 Å². The van der Waals surface area contributed by atoms with Crippen molar-refractivity contribution in [2.45, 2.75) is 19.4 Å². The Kier molecular flexibility index (Phi) is 5.87. The summed E-state index contributed by atoms with van der Waals surface area (Å²) in [6, 6.07) is 11.2. The van der Waals surface area contributed by atoms with Crippen LogP contribution in [0.3, 0.4) is 0 Å². The molecule has 23 heavy (non-hydrogen) atoms. The van der Waals surface area contributed by atoms with Gasteiger partial charge in [-0.05, 0) is 48.5 Å². The van der Waals surface area contributed by atoms with E-state index < -0.39 is 11.6 Å². The highest BCUT2D eigenvalue weighted by Gasteiger charge is 2.11. The number of benzene rings is 2. The molecule has 2 aromatic carbocycles. The fourth-order valence-corrected chi connectivity index (χ4v) is 2.42. The summed E-state index contributed by atoms with van der Waals surface area (Å²) in [5.74, 6) is -1.02. The molecule has 1 atom stereocenters. The van der Waals surface area contributed by atoms with Crippen LogP contribution in [0.25, 0.3) is 0 Å². The van der Waals surface area contributed by atoms with Crippen LogP contribution in [0.4, 0.5) is 14.5 Å². The zero-order valence-electron chi connectivity index (χ0n) is 12.9. The van der Waals surface area contributed by atoms with Gasteiger partial charge in [-0.1, -0.05) is 19.1 Å². The second-order valence-corrected chi connectivity index (χ2v) is 5.37. The third kappa shape index (κ3) is 4.63. The zero-order valence-corrected chi connectivity index (χ0v) is 13.7. The van der Waals surface area contributed by atoms with Gasteiger partial charge >= 0.3 is 0 Å². The van der Waals surface area contributed by atoms with Gasteiger partial charge in [-0.2, -0.15) is 0 Å². The van der Waals surface area contributed by atoms with Crippen molar-refractivity contribution in [1.82, 2.24) is 5.32 Å². The molecule has 0 unspecified atom stereocenters. The maximum Gasteiger partial charge on any atom is 0.171 e. The van der Waals surface area contributed by atoms with Gasteiger partial charge in [0.15, 0.2) is 16.7 Å². The topological polar surface area (TPSA) is 33.3 Å². The number of halogens is 2. The molecule has 0 bridgehead atoms. The number of thiocarbonyl (C=S) groups is 1. The quantitative estimate of drug-likeness (QED) is 0.793. The molecule has 0 aliphatic carbocycles. The van der Waals surface area contributed by atoms with Crippen LogP contribution < -0.4 is 15.4 Å². The molecule has 2 rings (SSSR count). The SMILES string of the molecule is CC[C@@H](NC(=S)Nc1ccc(F)c(F)c1)c1ccc(OC)cc1. The first-order valence-electron chi connectivity index (χ1n) is 7.20. The number of hydrogen-bond donors (Lipinski definition) is 2. The Morgan fingerprint density at radius 2 is 1.83 bits per heavy atom. The van der Waals surface area contributed by atoms with Crippen LogP contribution in [0.1, 0.15) is 24.9 Å². The molecule has 0 aliphatic heterocycles. The summed E-state index contributed by atoms with van der Waals surface area (Å²) in [6.07, 6.45) is 0.811. The van der Waals surface area contributed by atoms with E-state index in [1.807, 2.05) is 31.2 Å². The predicted molar refractivity (Wildman–Crippen MR) is 91.7 cm³/mol. The molecule has 0 saturated heterocycles.